The molecule has 6 rings (SSSR count). The zero-order valence-electron chi connectivity index (χ0n) is 19.5. The van der Waals surface area contributed by atoms with Crippen LogP contribution in [0.15, 0.2) is 66.9 Å². The molecule has 5 nitrogen and oxygen atoms in total. The summed E-state index contributed by atoms with van der Waals surface area (Å²) < 4.78 is 7.79. The van der Waals surface area contributed by atoms with E-state index in [1.165, 1.54) is 33.8 Å². The van der Waals surface area contributed by atoms with E-state index in [9.17, 15) is 4.79 Å². The lowest BCUT2D eigenvalue weighted by Gasteiger charge is -2.31. The lowest BCUT2D eigenvalue weighted by Crippen LogP contribution is -2.38. The first-order valence-electron chi connectivity index (χ1n) is 11.9. The normalized spacial score (nSPS) is 16.6. The van der Waals surface area contributed by atoms with E-state index in [-0.39, 0.29) is 12.1 Å². The molecule has 1 aliphatic heterocycles. The number of nitrogens with one attached hydrogen (secondary N) is 1. The topological polar surface area (TPSA) is 46.5 Å². The maximum absolute atomic E-state index is 14.0. The minimum atomic E-state index is -0.241. The van der Waals surface area contributed by atoms with Crippen molar-refractivity contribution >= 4 is 34.7 Å². The maximum Gasteiger partial charge on any atom is 0.323 e. The number of hydrogen-bond donors (Lipinski definition) is 1. The summed E-state index contributed by atoms with van der Waals surface area (Å²) in [7, 11) is 1.59. The Morgan fingerprint density at radius 2 is 1.89 bits per heavy atom. The second-order valence-electron chi connectivity index (χ2n) is 9.01. The number of amides is 2. The Morgan fingerprint density at radius 3 is 2.71 bits per heavy atom. The molecule has 1 unspecified atom stereocenters. The van der Waals surface area contributed by atoms with E-state index in [0.29, 0.717) is 23.0 Å². The summed E-state index contributed by atoms with van der Waals surface area (Å²) in [6.45, 7) is 0.539. The molecule has 1 atom stereocenters. The predicted molar refractivity (Wildman–Crippen MR) is 141 cm³/mol. The van der Waals surface area contributed by atoms with Gasteiger partial charge in [0.15, 0.2) is 0 Å². The molecule has 2 aromatic carbocycles. The minimum Gasteiger partial charge on any atom is -0.495 e. The van der Waals surface area contributed by atoms with Crippen molar-refractivity contribution in [2.24, 2.45) is 0 Å². The molecule has 1 aliphatic carbocycles. The minimum absolute atomic E-state index is 0.184. The number of hydrogen-bond acceptors (Lipinski definition) is 3. The third-order valence-electron chi connectivity index (χ3n) is 6.96. The van der Waals surface area contributed by atoms with E-state index < -0.39 is 0 Å². The van der Waals surface area contributed by atoms with Gasteiger partial charge in [0.2, 0.25) is 0 Å². The Morgan fingerprint density at radius 1 is 1.06 bits per heavy atom. The van der Waals surface area contributed by atoms with Crippen molar-refractivity contribution < 1.29 is 9.53 Å². The number of urea groups is 1. The van der Waals surface area contributed by atoms with E-state index >= 15 is 0 Å². The van der Waals surface area contributed by atoms with Gasteiger partial charge in [0.25, 0.3) is 0 Å². The fourth-order valence-electron chi connectivity index (χ4n) is 5.34. The summed E-state index contributed by atoms with van der Waals surface area (Å²) in [5.41, 5.74) is 5.42. The van der Waals surface area contributed by atoms with Gasteiger partial charge in [-0.3, -0.25) is 0 Å². The van der Waals surface area contributed by atoms with Crippen LogP contribution in [0.25, 0.3) is 5.00 Å². The number of ether oxygens (including phenoxy) is 1. The third-order valence-corrected chi connectivity index (χ3v) is 8.53. The number of halogens is 1. The Bertz CT molecular complexity index is 1390. The average molecular weight is 504 g/mol. The zero-order valence-corrected chi connectivity index (χ0v) is 21.0. The van der Waals surface area contributed by atoms with Crippen molar-refractivity contribution in [3.05, 3.63) is 99.1 Å². The van der Waals surface area contributed by atoms with E-state index in [1.807, 2.05) is 34.4 Å². The van der Waals surface area contributed by atoms with E-state index in [4.69, 9.17) is 16.3 Å². The van der Waals surface area contributed by atoms with Crippen LogP contribution in [-0.4, -0.2) is 22.6 Å². The largest absolute Gasteiger partial charge is 0.495 e. The van der Waals surface area contributed by atoms with Gasteiger partial charge < -0.3 is 19.5 Å². The molecule has 0 spiro atoms. The molecule has 2 amide bonds. The smallest absolute Gasteiger partial charge is 0.323 e. The van der Waals surface area contributed by atoms with Crippen LogP contribution in [0.4, 0.5) is 10.5 Å². The molecule has 0 radical (unpaired) electrons. The van der Waals surface area contributed by atoms with Crippen molar-refractivity contribution in [1.82, 2.24) is 9.47 Å². The van der Waals surface area contributed by atoms with Crippen molar-refractivity contribution in [3.8, 4) is 10.8 Å². The highest BCUT2D eigenvalue weighted by Crippen LogP contribution is 2.44. The number of fused-ring (bicyclic) bond motifs is 5. The summed E-state index contributed by atoms with van der Waals surface area (Å²) >= 11 is 8.14. The van der Waals surface area contributed by atoms with Gasteiger partial charge in [-0.1, -0.05) is 41.9 Å². The van der Waals surface area contributed by atoms with E-state index in [2.05, 4.69) is 40.3 Å². The number of carbonyl (C=O) groups is 1. The molecule has 0 saturated heterocycles. The molecule has 2 aromatic heterocycles. The van der Waals surface area contributed by atoms with Crippen LogP contribution in [0, 0.1) is 0 Å². The summed E-state index contributed by atoms with van der Waals surface area (Å²) in [4.78, 5) is 17.4. The van der Waals surface area contributed by atoms with Gasteiger partial charge in [-0.05, 0) is 67.1 Å². The predicted octanol–water partition coefficient (Wildman–Crippen LogP) is 7.22. The summed E-state index contributed by atoms with van der Waals surface area (Å²) in [6.07, 6.45) is 6.76. The van der Waals surface area contributed by atoms with Gasteiger partial charge in [-0.25, -0.2) is 4.79 Å². The Kier molecular flexibility index (Phi) is 5.78. The summed E-state index contributed by atoms with van der Waals surface area (Å²) in [5, 5.41) is 4.88. The number of rotatable bonds is 3. The van der Waals surface area contributed by atoms with Crippen molar-refractivity contribution in [1.29, 1.82) is 0 Å². The molecule has 1 N–H and O–H groups in total. The first-order valence-corrected chi connectivity index (χ1v) is 13.1. The number of methoxy groups -OCH3 is 1. The van der Waals surface area contributed by atoms with Crippen LogP contribution >= 0.6 is 22.9 Å². The lowest BCUT2D eigenvalue weighted by atomic mass is 9.95. The average Bonchev–Trinajstić information content (AvgIpc) is 3.46. The van der Waals surface area contributed by atoms with E-state index in [0.717, 1.165) is 24.1 Å². The van der Waals surface area contributed by atoms with Crippen LogP contribution in [0.5, 0.6) is 5.75 Å². The quantitative estimate of drug-likeness (QED) is 0.321. The fraction of sp³-hybridized carbons (Fsp3) is 0.250. The number of benzene rings is 2. The fourth-order valence-corrected chi connectivity index (χ4v) is 6.91. The zero-order chi connectivity index (χ0) is 23.9. The Balaban J connectivity index is 1.49. The number of anilines is 1. The molecule has 3 heterocycles. The number of nitrogens with zero attached hydrogens (tertiary/aromatic N) is 2. The second kappa shape index (κ2) is 9.10. The second-order valence-corrected chi connectivity index (χ2v) is 10.5. The molecule has 7 heteroatoms. The molecule has 35 heavy (non-hydrogen) atoms. The molecular weight excluding hydrogens is 478 g/mol. The van der Waals surface area contributed by atoms with Gasteiger partial charge in [0.05, 0.1) is 31.1 Å². The number of thiophene rings is 1. The highest BCUT2D eigenvalue weighted by atomic mass is 35.5. The van der Waals surface area contributed by atoms with Gasteiger partial charge in [-0.2, -0.15) is 0 Å². The van der Waals surface area contributed by atoms with Gasteiger partial charge in [-0.15, -0.1) is 11.3 Å². The van der Waals surface area contributed by atoms with Crippen LogP contribution < -0.4 is 10.1 Å². The van der Waals surface area contributed by atoms with Gasteiger partial charge >= 0.3 is 6.03 Å². The SMILES string of the molecule is COc1ccc(Cl)cc1NC(=O)N1Cc2c(sc3c2CCCC3)-n2cccc2C1c1ccccc1. The molecule has 0 saturated carbocycles. The molecular formula is C28H26ClN3O2S. The van der Waals surface area contributed by atoms with Crippen LogP contribution in [0.3, 0.4) is 0 Å². The van der Waals surface area contributed by atoms with E-state index in [1.54, 1.807) is 25.3 Å². The number of aromatic nitrogens is 1. The van der Waals surface area contributed by atoms with Crippen LogP contribution in [-0.2, 0) is 19.4 Å². The first kappa shape index (κ1) is 22.3. The van der Waals surface area contributed by atoms with Crippen LogP contribution in [0.1, 0.15) is 46.1 Å². The lowest BCUT2D eigenvalue weighted by molar-refractivity contribution is 0.194. The van der Waals surface area contributed by atoms with Crippen molar-refractivity contribution in [2.45, 2.75) is 38.3 Å². The molecule has 178 valence electrons. The van der Waals surface area contributed by atoms with Crippen molar-refractivity contribution in [3.63, 3.8) is 0 Å². The monoisotopic (exact) mass is 503 g/mol. The molecule has 2 aliphatic rings. The van der Waals surface area contributed by atoms with Gasteiger partial charge in [0.1, 0.15) is 10.8 Å². The van der Waals surface area contributed by atoms with Crippen LogP contribution in [0.2, 0.25) is 5.02 Å². The maximum atomic E-state index is 14.0. The Labute approximate surface area is 213 Å². The molecule has 0 bridgehead atoms. The summed E-state index contributed by atoms with van der Waals surface area (Å²) in [6, 6.07) is 19.3. The van der Waals surface area contributed by atoms with Crippen molar-refractivity contribution in [2.75, 3.05) is 12.4 Å². The third kappa shape index (κ3) is 3.91. The summed E-state index contributed by atoms with van der Waals surface area (Å²) in [5.74, 6) is 0.575. The highest BCUT2D eigenvalue weighted by Gasteiger charge is 2.36. The van der Waals surface area contributed by atoms with Gasteiger partial charge in [0, 0.05) is 21.7 Å². The molecule has 4 aromatic rings. The standard InChI is InChI=1S/C28H26ClN3O2S/c1-34-24-14-13-19(29)16-22(24)30-28(33)32-17-21-20-10-5-6-12-25(20)35-27(21)31-15-7-11-23(31)26(32)18-8-3-2-4-9-18/h2-4,7-9,11,13-16,26H,5-6,10,12,17H2,1H3,(H,30,33). The Hall–Kier alpha value is -3.22. The first-order chi connectivity index (χ1) is 17.1. The number of aryl methyl sites for hydroxylation is 1. The highest BCUT2D eigenvalue weighted by molar-refractivity contribution is 7.15. The number of carbonyl (C=O) groups excluding carboxylic acids is 1. The molecule has 0 fully saturated rings.